The number of nitrogens with one attached hydrogen (secondary N) is 1. The van der Waals surface area contributed by atoms with Crippen molar-refractivity contribution in [3.8, 4) is 11.8 Å². The summed E-state index contributed by atoms with van der Waals surface area (Å²) in [7, 11) is -3.70. The van der Waals surface area contributed by atoms with Crippen molar-refractivity contribution < 1.29 is 18.0 Å². The molecule has 1 aromatic carbocycles. The highest BCUT2D eigenvalue weighted by Crippen LogP contribution is 2.32. The van der Waals surface area contributed by atoms with Crippen LogP contribution in [0.4, 0.5) is 0 Å². The fourth-order valence-corrected chi connectivity index (χ4v) is 5.26. The van der Waals surface area contributed by atoms with E-state index in [4.69, 9.17) is 0 Å². The zero-order chi connectivity index (χ0) is 22.3. The third-order valence-electron chi connectivity index (χ3n) is 5.51. The Bertz CT molecular complexity index is 1030. The number of hydrogen-bond donors (Lipinski definition) is 1. The van der Waals surface area contributed by atoms with Crippen molar-refractivity contribution in [2.24, 2.45) is 5.92 Å². The van der Waals surface area contributed by atoms with Crippen LogP contribution in [0.1, 0.15) is 45.4 Å². The number of allylic oxidation sites excluding steroid dienone is 2. The Hall–Kier alpha value is -2.85. The molecule has 0 saturated carbocycles. The van der Waals surface area contributed by atoms with E-state index in [-0.39, 0.29) is 27.7 Å². The lowest BCUT2D eigenvalue weighted by molar-refractivity contribution is -0.136. The highest BCUT2D eigenvalue weighted by molar-refractivity contribution is 7.95. The molecule has 2 heterocycles. The summed E-state index contributed by atoms with van der Waals surface area (Å²) in [5.41, 5.74) is 0. The van der Waals surface area contributed by atoms with Crippen molar-refractivity contribution >= 4 is 21.7 Å². The quantitative estimate of drug-likeness (QED) is 0.306. The van der Waals surface area contributed by atoms with Gasteiger partial charge in [-0.3, -0.25) is 9.59 Å². The summed E-state index contributed by atoms with van der Waals surface area (Å²) in [6.07, 6.45) is 8.93. The van der Waals surface area contributed by atoms with Gasteiger partial charge in [-0.25, -0.2) is 8.42 Å². The fraction of sp³-hybridized carbons (Fsp3) is 0.417. The van der Waals surface area contributed by atoms with E-state index >= 15 is 0 Å². The molecule has 0 bridgehead atoms. The monoisotopic (exact) mass is 440 g/mol. The second-order valence-corrected chi connectivity index (χ2v) is 9.66. The first kappa shape index (κ1) is 22.8. The molecule has 2 aliphatic rings. The Labute approximate surface area is 184 Å². The van der Waals surface area contributed by atoms with Crippen LogP contribution in [0.15, 0.2) is 58.5 Å². The van der Waals surface area contributed by atoms with Crippen LogP contribution in [0.5, 0.6) is 0 Å². The molecule has 0 spiro atoms. The predicted molar refractivity (Wildman–Crippen MR) is 119 cm³/mol. The fourth-order valence-electron chi connectivity index (χ4n) is 3.80. The number of rotatable bonds is 7. The SMILES string of the molecule is CC#CCCCCNC(=O)C1C[C@@H]2/C=C\CC/C(S(=O)(=O)c3ccccc3)=C\N2C1=O. The molecule has 2 aliphatic heterocycles. The highest BCUT2D eigenvalue weighted by Gasteiger charge is 2.42. The second-order valence-electron chi connectivity index (χ2n) is 7.65. The summed E-state index contributed by atoms with van der Waals surface area (Å²) in [6, 6.07) is 7.90. The molecule has 0 aromatic heterocycles. The van der Waals surface area contributed by atoms with Crippen molar-refractivity contribution in [2.75, 3.05) is 6.54 Å². The summed E-state index contributed by atoms with van der Waals surface area (Å²) in [5.74, 6) is 4.37. The van der Waals surface area contributed by atoms with Gasteiger partial charge in [0.25, 0.3) is 0 Å². The summed E-state index contributed by atoms with van der Waals surface area (Å²) >= 11 is 0. The molecule has 3 rings (SSSR count). The lowest BCUT2D eigenvalue weighted by atomic mass is 10.0. The number of sulfone groups is 1. The maximum absolute atomic E-state index is 13.1. The molecule has 0 radical (unpaired) electrons. The second kappa shape index (κ2) is 10.5. The van der Waals surface area contributed by atoms with Gasteiger partial charge in [0.1, 0.15) is 5.92 Å². The number of nitrogens with zero attached hydrogens (tertiary/aromatic N) is 1. The first-order valence-corrected chi connectivity index (χ1v) is 12.1. The van der Waals surface area contributed by atoms with Crippen molar-refractivity contribution in [2.45, 2.75) is 56.4 Å². The van der Waals surface area contributed by atoms with Crippen LogP contribution in [-0.2, 0) is 19.4 Å². The molecule has 31 heavy (non-hydrogen) atoms. The van der Waals surface area contributed by atoms with Crippen LogP contribution in [-0.4, -0.2) is 37.7 Å². The molecule has 1 fully saturated rings. The minimum Gasteiger partial charge on any atom is -0.355 e. The number of carbonyl (C=O) groups excluding carboxylic acids is 2. The summed E-state index contributed by atoms with van der Waals surface area (Å²) < 4.78 is 26.2. The Morgan fingerprint density at radius 2 is 2.00 bits per heavy atom. The number of fused-ring (bicyclic) bond motifs is 1. The predicted octanol–water partition coefficient (Wildman–Crippen LogP) is 3.18. The van der Waals surface area contributed by atoms with Crippen molar-refractivity contribution in [3.05, 3.63) is 53.6 Å². The van der Waals surface area contributed by atoms with Gasteiger partial charge < -0.3 is 10.2 Å². The average molecular weight is 441 g/mol. The van der Waals surface area contributed by atoms with Crippen molar-refractivity contribution in [1.29, 1.82) is 0 Å². The molecule has 2 atom stereocenters. The number of unbranched alkanes of at least 4 members (excludes halogenated alkanes) is 2. The van der Waals surface area contributed by atoms with Crippen molar-refractivity contribution in [3.63, 3.8) is 0 Å². The smallest absolute Gasteiger partial charge is 0.239 e. The number of benzene rings is 1. The molecule has 0 aliphatic carbocycles. The molecule has 6 nitrogen and oxygen atoms in total. The van der Waals surface area contributed by atoms with Gasteiger partial charge in [0.05, 0.1) is 15.8 Å². The third-order valence-corrected chi connectivity index (χ3v) is 7.40. The van der Waals surface area contributed by atoms with E-state index in [0.717, 1.165) is 19.3 Å². The van der Waals surface area contributed by atoms with Gasteiger partial charge >= 0.3 is 0 Å². The van der Waals surface area contributed by atoms with Crippen LogP contribution in [0, 0.1) is 17.8 Å². The van der Waals surface area contributed by atoms with Gasteiger partial charge in [0, 0.05) is 19.2 Å². The zero-order valence-corrected chi connectivity index (χ0v) is 18.5. The van der Waals surface area contributed by atoms with Gasteiger partial charge in [0.15, 0.2) is 0 Å². The van der Waals surface area contributed by atoms with Gasteiger partial charge in [-0.1, -0.05) is 30.4 Å². The Kier molecular flexibility index (Phi) is 7.69. The van der Waals surface area contributed by atoms with Crippen LogP contribution in [0.3, 0.4) is 0 Å². The Morgan fingerprint density at radius 3 is 2.74 bits per heavy atom. The van der Waals surface area contributed by atoms with Gasteiger partial charge in [-0.15, -0.1) is 11.8 Å². The topological polar surface area (TPSA) is 83.6 Å². The van der Waals surface area contributed by atoms with Gasteiger partial charge in [0.2, 0.25) is 21.7 Å². The van der Waals surface area contributed by atoms with Gasteiger partial charge in [-0.2, -0.15) is 0 Å². The number of carbonyl (C=O) groups is 2. The molecular formula is C24H28N2O4S. The highest BCUT2D eigenvalue weighted by atomic mass is 32.2. The van der Waals surface area contributed by atoms with Crippen LogP contribution >= 0.6 is 0 Å². The maximum Gasteiger partial charge on any atom is 0.239 e. The first-order valence-electron chi connectivity index (χ1n) is 10.6. The lowest BCUT2D eigenvalue weighted by Crippen LogP contribution is -2.36. The standard InChI is InChI=1S/C24H28N2O4S/c1-2-3-4-5-11-16-25-23(27)22-17-19-12-9-10-15-21(18-26(19)24(22)28)31(29,30)20-13-7-6-8-14-20/h6-9,12-14,18-19,22H,4-5,10-11,15-17H2,1H3,(H,25,27)/b12-9-,21-18+/t19-,22?/m0/s1. The number of amides is 2. The van der Waals surface area contributed by atoms with E-state index in [2.05, 4.69) is 17.2 Å². The Balaban J connectivity index is 1.73. The number of hydrogen-bond acceptors (Lipinski definition) is 4. The minimum absolute atomic E-state index is 0.194. The molecule has 1 aromatic rings. The molecule has 1 N–H and O–H groups in total. The largest absolute Gasteiger partial charge is 0.355 e. The lowest BCUT2D eigenvalue weighted by Gasteiger charge is -2.22. The van der Waals surface area contributed by atoms with E-state index in [1.807, 2.05) is 12.2 Å². The van der Waals surface area contributed by atoms with Crippen LogP contribution in [0.25, 0.3) is 0 Å². The summed E-state index contributed by atoms with van der Waals surface area (Å²) in [6.45, 7) is 2.30. The van der Waals surface area contributed by atoms with E-state index in [9.17, 15) is 18.0 Å². The molecule has 1 saturated heterocycles. The van der Waals surface area contributed by atoms with E-state index in [1.165, 1.54) is 11.1 Å². The zero-order valence-electron chi connectivity index (χ0n) is 17.7. The van der Waals surface area contributed by atoms with E-state index < -0.39 is 15.8 Å². The maximum atomic E-state index is 13.1. The molecule has 1 unspecified atom stereocenters. The molecule has 164 valence electrons. The van der Waals surface area contributed by atoms with E-state index in [0.29, 0.717) is 25.8 Å². The normalized spacial score (nSPS) is 23.5. The Morgan fingerprint density at radius 1 is 1.23 bits per heavy atom. The average Bonchev–Trinajstić information content (AvgIpc) is 3.05. The third kappa shape index (κ3) is 5.45. The van der Waals surface area contributed by atoms with Crippen LogP contribution in [0.2, 0.25) is 0 Å². The minimum atomic E-state index is -3.70. The van der Waals surface area contributed by atoms with Gasteiger partial charge in [-0.05, 0) is 51.2 Å². The van der Waals surface area contributed by atoms with Crippen molar-refractivity contribution in [1.82, 2.24) is 10.2 Å². The van der Waals surface area contributed by atoms with Crippen LogP contribution < -0.4 is 5.32 Å². The molecule has 2 amide bonds. The summed E-state index contributed by atoms with van der Waals surface area (Å²) in [5, 5.41) is 2.84. The first-order chi connectivity index (χ1) is 14.9. The summed E-state index contributed by atoms with van der Waals surface area (Å²) in [4.78, 5) is 27.4. The molecule has 7 heteroatoms. The van der Waals surface area contributed by atoms with E-state index in [1.54, 1.807) is 37.3 Å². The molecular weight excluding hydrogens is 412 g/mol.